The van der Waals surface area contributed by atoms with Gasteiger partial charge in [0.2, 0.25) is 5.91 Å². The number of hydrogen-bond acceptors (Lipinski definition) is 3. The second kappa shape index (κ2) is 9.07. The van der Waals surface area contributed by atoms with Gasteiger partial charge in [-0.1, -0.05) is 37.5 Å². The van der Waals surface area contributed by atoms with E-state index < -0.39 is 0 Å². The molecule has 0 heterocycles. The fourth-order valence-corrected chi connectivity index (χ4v) is 1.78. The van der Waals surface area contributed by atoms with Crippen molar-refractivity contribution < 1.29 is 9.59 Å². The molecule has 0 spiro atoms. The predicted molar refractivity (Wildman–Crippen MR) is 86.7 cm³/mol. The first kappa shape index (κ1) is 17.1. The average Bonchev–Trinajstić information content (AvgIpc) is 2.46. The highest BCUT2D eigenvalue weighted by Crippen LogP contribution is 2.02. The molecule has 0 unspecified atom stereocenters. The molecule has 2 amide bonds. The van der Waals surface area contributed by atoms with Crippen molar-refractivity contribution in [3.63, 3.8) is 0 Å². The minimum atomic E-state index is -0.312. The number of aryl methyl sites for hydroxylation is 1. The summed E-state index contributed by atoms with van der Waals surface area (Å²) in [7, 11) is 0. The van der Waals surface area contributed by atoms with Gasteiger partial charge in [-0.25, -0.2) is 0 Å². The van der Waals surface area contributed by atoms with Gasteiger partial charge >= 0.3 is 0 Å². The second-order valence-electron chi connectivity index (χ2n) is 4.78. The molecule has 1 aromatic carbocycles. The number of carbonyl (C=O) groups is 2. The van der Waals surface area contributed by atoms with E-state index in [9.17, 15) is 9.59 Å². The van der Waals surface area contributed by atoms with E-state index in [-0.39, 0.29) is 16.9 Å². The quantitative estimate of drug-likeness (QED) is 0.443. The maximum Gasteiger partial charge on any atom is 0.257 e. The molecular weight excluding hydrogens is 286 g/mol. The Kier molecular flexibility index (Phi) is 7.39. The summed E-state index contributed by atoms with van der Waals surface area (Å²) in [5, 5.41) is 2.58. The number of amides is 2. The molecule has 0 fully saturated rings. The summed E-state index contributed by atoms with van der Waals surface area (Å²) in [6.45, 7) is 4.02. The Labute approximate surface area is 130 Å². The lowest BCUT2D eigenvalue weighted by atomic mass is 10.1. The topological polar surface area (TPSA) is 70.2 Å². The number of unbranched alkanes of at least 4 members (excludes halogenated alkanes) is 2. The van der Waals surface area contributed by atoms with Crippen LogP contribution < -0.4 is 16.2 Å². The normalized spacial score (nSPS) is 9.81. The highest BCUT2D eigenvalue weighted by molar-refractivity contribution is 7.80. The molecule has 6 heteroatoms. The van der Waals surface area contributed by atoms with E-state index in [1.54, 1.807) is 12.1 Å². The fraction of sp³-hybridized carbons (Fsp3) is 0.400. The summed E-state index contributed by atoms with van der Waals surface area (Å²) in [5.41, 5.74) is 6.57. The Bertz CT molecular complexity index is 500. The van der Waals surface area contributed by atoms with Crippen LogP contribution in [0.3, 0.4) is 0 Å². The molecule has 0 aliphatic rings. The van der Waals surface area contributed by atoms with Crippen molar-refractivity contribution >= 4 is 29.1 Å². The van der Waals surface area contributed by atoms with Crippen LogP contribution >= 0.6 is 12.2 Å². The third-order valence-electron chi connectivity index (χ3n) is 2.86. The van der Waals surface area contributed by atoms with Crippen molar-refractivity contribution in [2.75, 3.05) is 0 Å². The Morgan fingerprint density at radius 3 is 2.38 bits per heavy atom. The first-order valence-electron chi connectivity index (χ1n) is 6.99. The fourth-order valence-electron chi connectivity index (χ4n) is 1.64. The predicted octanol–water partition coefficient (Wildman–Crippen LogP) is 2.21. The van der Waals surface area contributed by atoms with Crippen LogP contribution in [0, 0.1) is 6.92 Å². The van der Waals surface area contributed by atoms with Crippen molar-refractivity contribution in [3.05, 3.63) is 35.4 Å². The van der Waals surface area contributed by atoms with Gasteiger partial charge in [-0.2, -0.15) is 0 Å². The Morgan fingerprint density at radius 1 is 1.10 bits per heavy atom. The van der Waals surface area contributed by atoms with Gasteiger partial charge in [-0.3, -0.25) is 25.8 Å². The zero-order valence-corrected chi connectivity index (χ0v) is 13.2. The maximum atomic E-state index is 11.9. The molecule has 1 rings (SSSR count). The molecule has 114 valence electrons. The molecule has 1 aromatic rings. The molecular formula is C15H21N3O2S. The zero-order valence-electron chi connectivity index (χ0n) is 12.4. The van der Waals surface area contributed by atoms with Crippen molar-refractivity contribution in [2.45, 2.75) is 39.5 Å². The maximum absolute atomic E-state index is 11.9. The lowest BCUT2D eigenvalue weighted by Crippen LogP contribution is -2.48. The lowest BCUT2D eigenvalue weighted by Gasteiger charge is -2.10. The van der Waals surface area contributed by atoms with Crippen molar-refractivity contribution in [3.8, 4) is 0 Å². The summed E-state index contributed by atoms with van der Waals surface area (Å²) >= 11 is 4.95. The highest BCUT2D eigenvalue weighted by atomic mass is 32.1. The summed E-state index contributed by atoms with van der Waals surface area (Å²) in [6, 6.07) is 7.13. The van der Waals surface area contributed by atoms with Gasteiger partial charge in [0.05, 0.1) is 0 Å². The van der Waals surface area contributed by atoms with Gasteiger partial charge in [-0.05, 0) is 37.7 Å². The third-order valence-corrected chi connectivity index (χ3v) is 3.07. The first-order chi connectivity index (χ1) is 10.0. The summed E-state index contributed by atoms with van der Waals surface area (Å²) < 4.78 is 0. The molecule has 5 nitrogen and oxygen atoms in total. The SMILES string of the molecule is CCCCCC(=O)NNC(=S)NC(=O)c1ccc(C)cc1. The standard InChI is InChI=1S/C15H21N3O2S/c1-3-4-5-6-13(19)17-18-15(21)16-14(20)12-9-7-11(2)8-10-12/h7-10H,3-6H2,1-2H3,(H,17,19)(H2,16,18,20,21). The van der Waals surface area contributed by atoms with Crippen molar-refractivity contribution in [2.24, 2.45) is 0 Å². The van der Waals surface area contributed by atoms with Gasteiger partial charge in [0.15, 0.2) is 5.11 Å². The minimum Gasteiger partial charge on any atom is -0.298 e. The monoisotopic (exact) mass is 307 g/mol. The largest absolute Gasteiger partial charge is 0.298 e. The number of rotatable bonds is 5. The van der Waals surface area contributed by atoms with E-state index in [1.807, 2.05) is 19.1 Å². The number of carbonyl (C=O) groups excluding carboxylic acids is 2. The number of hydrogen-bond donors (Lipinski definition) is 3. The summed E-state index contributed by atoms with van der Waals surface area (Å²) in [4.78, 5) is 23.3. The smallest absolute Gasteiger partial charge is 0.257 e. The van der Waals surface area contributed by atoms with Gasteiger partial charge in [0.1, 0.15) is 0 Å². The van der Waals surface area contributed by atoms with Crippen LogP contribution in [-0.2, 0) is 4.79 Å². The number of hydrazine groups is 1. The van der Waals surface area contributed by atoms with Crippen LogP contribution in [0.1, 0.15) is 48.5 Å². The van der Waals surface area contributed by atoms with Crippen molar-refractivity contribution in [1.29, 1.82) is 0 Å². The first-order valence-corrected chi connectivity index (χ1v) is 7.40. The van der Waals surface area contributed by atoms with Crippen LogP contribution in [0.2, 0.25) is 0 Å². The minimum absolute atomic E-state index is 0.0735. The van der Waals surface area contributed by atoms with E-state index in [4.69, 9.17) is 12.2 Å². The van der Waals surface area contributed by atoms with E-state index in [0.717, 1.165) is 24.8 Å². The number of nitrogens with one attached hydrogen (secondary N) is 3. The van der Waals surface area contributed by atoms with E-state index in [0.29, 0.717) is 12.0 Å². The van der Waals surface area contributed by atoms with E-state index in [1.165, 1.54) is 0 Å². The molecule has 0 aliphatic carbocycles. The molecule has 0 radical (unpaired) electrons. The van der Waals surface area contributed by atoms with Crippen LogP contribution in [0.15, 0.2) is 24.3 Å². The highest BCUT2D eigenvalue weighted by Gasteiger charge is 2.08. The van der Waals surface area contributed by atoms with Crippen LogP contribution in [0.5, 0.6) is 0 Å². The number of thiocarbonyl (C=S) groups is 1. The van der Waals surface area contributed by atoms with Gasteiger partial charge < -0.3 is 0 Å². The summed E-state index contributed by atoms with van der Waals surface area (Å²) in [5.74, 6) is -0.455. The number of benzene rings is 1. The van der Waals surface area contributed by atoms with E-state index >= 15 is 0 Å². The van der Waals surface area contributed by atoms with E-state index in [2.05, 4.69) is 23.1 Å². The molecule has 3 N–H and O–H groups in total. The lowest BCUT2D eigenvalue weighted by molar-refractivity contribution is -0.121. The molecule has 0 aromatic heterocycles. The molecule has 0 bridgehead atoms. The Hall–Kier alpha value is -1.95. The zero-order chi connectivity index (χ0) is 15.7. The average molecular weight is 307 g/mol. The van der Waals surface area contributed by atoms with Crippen LogP contribution in [0.25, 0.3) is 0 Å². The molecule has 0 saturated heterocycles. The van der Waals surface area contributed by atoms with Gasteiger partial charge in [-0.15, -0.1) is 0 Å². The van der Waals surface area contributed by atoms with Crippen molar-refractivity contribution in [1.82, 2.24) is 16.2 Å². The molecule has 21 heavy (non-hydrogen) atoms. The Balaban J connectivity index is 2.31. The van der Waals surface area contributed by atoms with Crippen LogP contribution in [-0.4, -0.2) is 16.9 Å². The second-order valence-corrected chi connectivity index (χ2v) is 5.19. The molecule has 0 atom stereocenters. The van der Waals surface area contributed by atoms with Gasteiger partial charge in [0, 0.05) is 12.0 Å². The third kappa shape index (κ3) is 6.85. The molecule has 0 aliphatic heterocycles. The Morgan fingerprint density at radius 2 is 1.76 bits per heavy atom. The van der Waals surface area contributed by atoms with Gasteiger partial charge in [0.25, 0.3) is 5.91 Å². The van der Waals surface area contributed by atoms with Crippen LogP contribution in [0.4, 0.5) is 0 Å². The summed E-state index contributed by atoms with van der Waals surface area (Å²) in [6.07, 6.45) is 3.36. The molecule has 0 saturated carbocycles.